The van der Waals surface area contributed by atoms with Gasteiger partial charge in [0, 0.05) is 4.47 Å². The highest BCUT2D eigenvalue weighted by Gasteiger charge is 2.28. The number of halogens is 3. The van der Waals surface area contributed by atoms with Crippen LogP contribution in [0.3, 0.4) is 0 Å². The summed E-state index contributed by atoms with van der Waals surface area (Å²) in [5.74, 6) is -1.49. The van der Waals surface area contributed by atoms with Crippen molar-refractivity contribution in [1.29, 1.82) is 0 Å². The second-order valence-corrected chi connectivity index (χ2v) is 5.52. The van der Waals surface area contributed by atoms with Gasteiger partial charge >= 0.3 is 5.97 Å². The lowest BCUT2D eigenvalue weighted by molar-refractivity contribution is -0.146. The highest BCUT2D eigenvalue weighted by molar-refractivity contribution is 9.10. The number of rotatable bonds is 3. The molecule has 1 aromatic carbocycles. The zero-order valence-electron chi connectivity index (χ0n) is 8.85. The fourth-order valence-electron chi connectivity index (χ4n) is 1.29. The van der Waals surface area contributed by atoms with Crippen LogP contribution in [0.1, 0.15) is 19.4 Å². The molecule has 0 aliphatic heterocycles. The third-order valence-corrected chi connectivity index (χ3v) is 3.16. The topological polar surface area (TPSA) is 37.3 Å². The normalized spacial score (nSPS) is 11.6. The van der Waals surface area contributed by atoms with Crippen molar-refractivity contribution in [2.45, 2.75) is 20.3 Å². The monoisotopic (exact) mass is 308 g/mol. The first kappa shape index (κ1) is 13.5. The first-order valence-corrected chi connectivity index (χ1v) is 5.78. The van der Waals surface area contributed by atoms with Crippen LogP contribution in [0.4, 0.5) is 4.39 Å². The molecule has 0 amide bonds. The van der Waals surface area contributed by atoms with E-state index in [4.69, 9.17) is 16.7 Å². The Kier molecular flexibility index (Phi) is 3.97. The Morgan fingerprint density at radius 2 is 2.12 bits per heavy atom. The summed E-state index contributed by atoms with van der Waals surface area (Å²) in [6, 6.07) is 2.88. The van der Waals surface area contributed by atoms with Crippen LogP contribution in [0.25, 0.3) is 0 Å². The highest BCUT2D eigenvalue weighted by Crippen LogP contribution is 2.30. The van der Waals surface area contributed by atoms with E-state index in [-0.39, 0.29) is 11.4 Å². The van der Waals surface area contributed by atoms with Crippen LogP contribution in [0.5, 0.6) is 0 Å². The van der Waals surface area contributed by atoms with Crippen molar-refractivity contribution in [2.24, 2.45) is 5.41 Å². The van der Waals surface area contributed by atoms with Gasteiger partial charge in [0.1, 0.15) is 5.82 Å². The number of benzene rings is 1. The summed E-state index contributed by atoms with van der Waals surface area (Å²) in [4.78, 5) is 11.0. The molecule has 0 unspecified atom stereocenters. The molecule has 0 aliphatic carbocycles. The van der Waals surface area contributed by atoms with E-state index in [2.05, 4.69) is 15.9 Å². The van der Waals surface area contributed by atoms with E-state index in [0.29, 0.717) is 10.0 Å². The number of hydrogen-bond acceptors (Lipinski definition) is 1. The zero-order valence-corrected chi connectivity index (χ0v) is 11.2. The van der Waals surface area contributed by atoms with Gasteiger partial charge in [-0.1, -0.05) is 27.5 Å². The fourth-order valence-corrected chi connectivity index (χ4v) is 1.94. The summed E-state index contributed by atoms with van der Waals surface area (Å²) < 4.78 is 13.9. The average Bonchev–Trinajstić information content (AvgIpc) is 2.12. The Hall–Kier alpha value is -0.610. The van der Waals surface area contributed by atoms with Gasteiger partial charge in [0.05, 0.1) is 10.4 Å². The molecule has 0 fully saturated rings. The Morgan fingerprint density at radius 3 is 2.62 bits per heavy atom. The van der Waals surface area contributed by atoms with Crippen molar-refractivity contribution in [3.8, 4) is 0 Å². The SMILES string of the molecule is CC(C)(Cc1cc(Br)cc(F)c1Cl)C(=O)O. The molecule has 0 aromatic heterocycles. The third kappa shape index (κ3) is 2.95. The van der Waals surface area contributed by atoms with Crippen LogP contribution >= 0.6 is 27.5 Å². The van der Waals surface area contributed by atoms with Gasteiger partial charge in [-0.15, -0.1) is 0 Å². The predicted octanol–water partition coefficient (Wildman–Crippen LogP) is 3.89. The minimum atomic E-state index is -0.975. The minimum Gasteiger partial charge on any atom is -0.481 e. The molecule has 0 atom stereocenters. The van der Waals surface area contributed by atoms with Gasteiger partial charge in [0.25, 0.3) is 0 Å². The summed E-state index contributed by atoms with van der Waals surface area (Å²) in [7, 11) is 0. The fraction of sp³-hybridized carbons (Fsp3) is 0.364. The molecule has 0 heterocycles. The lowest BCUT2D eigenvalue weighted by atomic mass is 9.86. The molecule has 1 aromatic rings. The molecular weight excluding hydrogens is 298 g/mol. The summed E-state index contributed by atoms with van der Waals surface area (Å²) in [6.45, 7) is 3.15. The van der Waals surface area contributed by atoms with Crippen LogP contribution in [0.2, 0.25) is 5.02 Å². The number of hydrogen-bond donors (Lipinski definition) is 1. The third-order valence-electron chi connectivity index (χ3n) is 2.28. The van der Waals surface area contributed by atoms with Gasteiger partial charge < -0.3 is 5.11 Å². The molecule has 0 aliphatic rings. The van der Waals surface area contributed by atoms with Gasteiger partial charge in [-0.25, -0.2) is 4.39 Å². The number of carboxylic acids is 1. The molecule has 1 N–H and O–H groups in total. The van der Waals surface area contributed by atoms with Crippen LogP contribution in [-0.2, 0) is 11.2 Å². The maximum atomic E-state index is 13.3. The largest absolute Gasteiger partial charge is 0.481 e. The van der Waals surface area contributed by atoms with Crippen LogP contribution in [0.15, 0.2) is 16.6 Å². The van der Waals surface area contributed by atoms with E-state index in [0.717, 1.165) is 0 Å². The van der Waals surface area contributed by atoms with Crippen LogP contribution < -0.4 is 0 Å². The summed E-state index contributed by atoms with van der Waals surface area (Å²) in [5, 5.41) is 8.97. The molecule has 0 spiro atoms. The molecule has 0 saturated heterocycles. The van der Waals surface area contributed by atoms with E-state index >= 15 is 0 Å². The summed E-state index contributed by atoms with van der Waals surface area (Å²) in [5.41, 5.74) is -0.488. The van der Waals surface area contributed by atoms with Crippen LogP contribution in [-0.4, -0.2) is 11.1 Å². The molecule has 1 rings (SSSR count). The van der Waals surface area contributed by atoms with Crippen molar-refractivity contribution in [2.75, 3.05) is 0 Å². The van der Waals surface area contributed by atoms with Gasteiger partial charge in [0.15, 0.2) is 0 Å². The second-order valence-electron chi connectivity index (χ2n) is 4.23. The lowest BCUT2D eigenvalue weighted by Crippen LogP contribution is -2.26. The smallest absolute Gasteiger partial charge is 0.309 e. The first-order chi connectivity index (χ1) is 7.24. The Balaban J connectivity index is 3.11. The molecule has 5 heteroatoms. The Morgan fingerprint density at radius 1 is 1.56 bits per heavy atom. The van der Waals surface area contributed by atoms with Gasteiger partial charge in [-0.3, -0.25) is 4.79 Å². The van der Waals surface area contributed by atoms with E-state index in [1.165, 1.54) is 6.07 Å². The van der Waals surface area contributed by atoms with Crippen LogP contribution in [0, 0.1) is 11.2 Å². The highest BCUT2D eigenvalue weighted by atomic mass is 79.9. The van der Waals surface area contributed by atoms with Gasteiger partial charge in [-0.05, 0) is 38.0 Å². The summed E-state index contributed by atoms with van der Waals surface area (Å²) in [6.07, 6.45) is 0.178. The number of carbonyl (C=O) groups is 1. The lowest BCUT2D eigenvalue weighted by Gasteiger charge is -2.20. The Labute approximate surface area is 107 Å². The molecule has 0 saturated carbocycles. The van der Waals surface area contributed by atoms with Crippen molar-refractivity contribution >= 4 is 33.5 Å². The number of aliphatic carboxylic acids is 1. The zero-order chi connectivity index (χ0) is 12.5. The molecule has 88 valence electrons. The Bertz CT molecular complexity index is 432. The van der Waals surface area contributed by atoms with Crippen molar-refractivity contribution in [1.82, 2.24) is 0 Å². The summed E-state index contributed by atoms with van der Waals surface area (Å²) >= 11 is 8.93. The molecule has 2 nitrogen and oxygen atoms in total. The van der Waals surface area contributed by atoms with Crippen molar-refractivity contribution in [3.63, 3.8) is 0 Å². The minimum absolute atomic E-state index is 0.0162. The molecule has 0 radical (unpaired) electrons. The quantitative estimate of drug-likeness (QED) is 0.860. The standard InChI is InChI=1S/C11H11BrClFO2/c1-11(2,10(15)16)5-6-3-7(12)4-8(14)9(6)13/h3-4H,5H2,1-2H3,(H,15,16). The predicted molar refractivity (Wildman–Crippen MR) is 64.2 cm³/mol. The van der Waals surface area contributed by atoms with Crippen molar-refractivity contribution < 1.29 is 14.3 Å². The molecule has 16 heavy (non-hydrogen) atoms. The van der Waals surface area contributed by atoms with E-state index < -0.39 is 17.2 Å². The first-order valence-electron chi connectivity index (χ1n) is 4.61. The van der Waals surface area contributed by atoms with Gasteiger partial charge in [-0.2, -0.15) is 0 Å². The van der Waals surface area contributed by atoms with Crippen molar-refractivity contribution in [3.05, 3.63) is 33.0 Å². The van der Waals surface area contributed by atoms with E-state index in [9.17, 15) is 9.18 Å². The average molecular weight is 310 g/mol. The maximum absolute atomic E-state index is 13.3. The molecular formula is C11H11BrClFO2. The van der Waals surface area contributed by atoms with E-state index in [1.807, 2.05) is 0 Å². The number of carboxylic acid groups (broad SMARTS) is 1. The van der Waals surface area contributed by atoms with Gasteiger partial charge in [0.2, 0.25) is 0 Å². The molecule has 0 bridgehead atoms. The maximum Gasteiger partial charge on any atom is 0.309 e. The van der Waals surface area contributed by atoms with E-state index in [1.54, 1.807) is 19.9 Å². The second kappa shape index (κ2) is 4.72.